The molecule has 5 heteroatoms. The lowest BCUT2D eigenvalue weighted by atomic mass is 9.96. The maximum Gasteiger partial charge on any atom is 0.216 e. The zero-order valence-corrected chi connectivity index (χ0v) is 10.8. The van der Waals surface area contributed by atoms with Crippen molar-refractivity contribution < 1.29 is 13.5 Å². The van der Waals surface area contributed by atoms with E-state index in [4.69, 9.17) is 5.11 Å². The predicted octanol–water partition coefficient (Wildman–Crippen LogP) is 1.11. The third-order valence-electron chi connectivity index (χ3n) is 2.89. The summed E-state index contributed by atoms with van der Waals surface area (Å²) < 4.78 is 25.9. The van der Waals surface area contributed by atoms with E-state index in [0.717, 1.165) is 12.8 Å². The van der Waals surface area contributed by atoms with E-state index < -0.39 is 15.3 Å². The van der Waals surface area contributed by atoms with Crippen LogP contribution in [0.15, 0.2) is 0 Å². The molecule has 15 heavy (non-hydrogen) atoms. The molecule has 92 valence electrons. The van der Waals surface area contributed by atoms with Gasteiger partial charge in [0, 0.05) is 6.04 Å². The smallest absolute Gasteiger partial charge is 0.216 e. The second-order valence-electron chi connectivity index (χ2n) is 4.02. The van der Waals surface area contributed by atoms with Gasteiger partial charge < -0.3 is 5.11 Å². The van der Waals surface area contributed by atoms with Crippen molar-refractivity contribution in [3.8, 4) is 0 Å². The van der Waals surface area contributed by atoms with Crippen molar-refractivity contribution in [1.82, 2.24) is 4.72 Å². The lowest BCUT2D eigenvalue weighted by Gasteiger charge is -2.23. The monoisotopic (exact) mass is 237 g/mol. The van der Waals surface area contributed by atoms with Gasteiger partial charge in [0.1, 0.15) is 0 Å². The summed E-state index contributed by atoms with van der Waals surface area (Å²) in [6, 6.07) is -0.0704. The largest absolute Gasteiger partial charge is 0.395 e. The Labute approximate surface area is 93.1 Å². The van der Waals surface area contributed by atoms with Gasteiger partial charge in [-0.25, -0.2) is 13.1 Å². The molecule has 0 rings (SSSR count). The van der Waals surface area contributed by atoms with Crippen LogP contribution in [-0.4, -0.2) is 31.4 Å². The number of nitrogens with one attached hydrogen (secondary N) is 1. The van der Waals surface area contributed by atoms with Crippen LogP contribution in [0.2, 0.25) is 0 Å². The molecule has 0 spiro atoms. The summed E-state index contributed by atoms with van der Waals surface area (Å²) in [6.07, 6.45) is 1.90. The molecule has 0 fully saturated rings. The van der Waals surface area contributed by atoms with E-state index in [1.54, 1.807) is 0 Å². The Bertz CT molecular complexity index is 260. The Balaban J connectivity index is 4.45. The molecule has 2 unspecified atom stereocenters. The number of rotatable bonds is 7. The molecule has 0 saturated carbocycles. The maximum atomic E-state index is 11.6. The maximum absolute atomic E-state index is 11.6. The van der Waals surface area contributed by atoms with Gasteiger partial charge in [0.05, 0.1) is 11.9 Å². The van der Waals surface area contributed by atoms with Crippen molar-refractivity contribution >= 4 is 10.0 Å². The molecule has 0 heterocycles. The van der Waals surface area contributed by atoms with Crippen LogP contribution in [0, 0.1) is 5.92 Å². The van der Waals surface area contributed by atoms with Gasteiger partial charge in [-0.15, -0.1) is 0 Å². The van der Waals surface area contributed by atoms with E-state index in [2.05, 4.69) is 18.6 Å². The Kier molecular flexibility index (Phi) is 6.40. The van der Waals surface area contributed by atoms with Crippen molar-refractivity contribution in [1.29, 1.82) is 0 Å². The Morgan fingerprint density at radius 3 is 2.00 bits per heavy atom. The lowest BCUT2D eigenvalue weighted by Crippen LogP contribution is -2.43. The average Bonchev–Trinajstić information content (AvgIpc) is 2.17. The van der Waals surface area contributed by atoms with Gasteiger partial charge in [-0.05, 0) is 19.8 Å². The summed E-state index contributed by atoms with van der Waals surface area (Å²) >= 11 is 0. The van der Waals surface area contributed by atoms with E-state index in [1.165, 1.54) is 6.92 Å². The van der Waals surface area contributed by atoms with E-state index in [1.807, 2.05) is 6.92 Å². The molecule has 0 aromatic rings. The summed E-state index contributed by atoms with van der Waals surface area (Å²) in [6.45, 7) is 7.13. The van der Waals surface area contributed by atoms with Gasteiger partial charge >= 0.3 is 0 Å². The first-order valence-electron chi connectivity index (χ1n) is 5.51. The zero-order valence-electron chi connectivity index (χ0n) is 10.0. The third kappa shape index (κ3) is 4.49. The molecular weight excluding hydrogens is 214 g/mol. The highest BCUT2D eigenvalue weighted by atomic mass is 32.2. The minimum absolute atomic E-state index is 0.0704. The summed E-state index contributed by atoms with van der Waals surface area (Å²) in [7, 11) is -3.37. The number of aliphatic hydroxyl groups is 1. The molecule has 0 radical (unpaired) electrons. The highest BCUT2D eigenvalue weighted by Gasteiger charge is 2.24. The van der Waals surface area contributed by atoms with Gasteiger partial charge in [-0.1, -0.05) is 26.7 Å². The SMILES string of the molecule is CCC(CC)C(C)NS(=O)(=O)C(C)CO. The van der Waals surface area contributed by atoms with Crippen LogP contribution in [-0.2, 0) is 10.0 Å². The van der Waals surface area contributed by atoms with Gasteiger partial charge in [0.15, 0.2) is 0 Å². The average molecular weight is 237 g/mol. The number of hydrogen-bond acceptors (Lipinski definition) is 3. The molecule has 2 atom stereocenters. The van der Waals surface area contributed by atoms with Crippen LogP contribution < -0.4 is 4.72 Å². The standard InChI is InChI=1S/C10H23NO3S/c1-5-10(6-2)9(4)11-15(13,14)8(3)7-12/h8-12H,5-7H2,1-4H3. The Hall–Kier alpha value is -0.130. The van der Waals surface area contributed by atoms with E-state index >= 15 is 0 Å². The first-order valence-corrected chi connectivity index (χ1v) is 7.05. The molecule has 0 bridgehead atoms. The van der Waals surface area contributed by atoms with Crippen molar-refractivity contribution in [2.24, 2.45) is 5.92 Å². The lowest BCUT2D eigenvalue weighted by molar-refractivity contribution is 0.293. The molecule has 0 aromatic heterocycles. The molecule has 0 aliphatic heterocycles. The molecule has 0 amide bonds. The molecule has 0 aliphatic carbocycles. The third-order valence-corrected chi connectivity index (χ3v) is 4.80. The van der Waals surface area contributed by atoms with Gasteiger partial charge in [0.25, 0.3) is 0 Å². The predicted molar refractivity (Wildman–Crippen MR) is 62.1 cm³/mol. The Morgan fingerprint density at radius 1 is 1.20 bits per heavy atom. The van der Waals surface area contributed by atoms with Crippen LogP contribution >= 0.6 is 0 Å². The van der Waals surface area contributed by atoms with Crippen molar-refractivity contribution in [2.45, 2.75) is 51.8 Å². The van der Waals surface area contributed by atoms with Crippen LogP contribution in [0.3, 0.4) is 0 Å². The van der Waals surface area contributed by atoms with E-state index in [9.17, 15) is 8.42 Å². The second kappa shape index (κ2) is 6.45. The summed E-state index contributed by atoms with van der Waals surface area (Å²) in [5.41, 5.74) is 0. The first-order chi connectivity index (χ1) is 6.88. The molecular formula is C10H23NO3S. The van der Waals surface area contributed by atoms with Gasteiger partial charge in [0.2, 0.25) is 10.0 Å². The summed E-state index contributed by atoms with van der Waals surface area (Å²) in [5.74, 6) is 0.352. The first kappa shape index (κ1) is 14.9. The summed E-state index contributed by atoms with van der Waals surface area (Å²) in [4.78, 5) is 0. The highest BCUT2D eigenvalue weighted by molar-refractivity contribution is 7.90. The fourth-order valence-electron chi connectivity index (χ4n) is 1.57. The van der Waals surface area contributed by atoms with Crippen molar-refractivity contribution in [3.05, 3.63) is 0 Å². The van der Waals surface area contributed by atoms with Gasteiger partial charge in [-0.3, -0.25) is 0 Å². The molecule has 0 saturated heterocycles. The van der Waals surface area contributed by atoms with Gasteiger partial charge in [-0.2, -0.15) is 0 Å². The topological polar surface area (TPSA) is 66.4 Å². The van der Waals surface area contributed by atoms with Crippen molar-refractivity contribution in [2.75, 3.05) is 6.61 Å². The number of sulfonamides is 1. The molecule has 0 aliphatic rings. The van der Waals surface area contributed by atoms with Crippen LogP contribution in [0.1, 0.15) is 40.5 Å². The van der Waals surface area contributed by atoms with E-state index in [0.29, 0.717) is 5.92 Å². The van der Waals surface area contributed by atoms with Crippen LogP contribution in [0.5, 0.6) is 0 Å². The minimum Gasteiger partial charge on any atom is -0.395 e. The zero-order chi connectivity index (χ0) is 12.1. The van der Waals surface area contributed by atoms with Crippen LogP contribution in [0.4, 0.5) is 0 Å². The minimum atomic E-state index is -3.37. The second-order valence-corrected chi connectivity index (χ2v) is 6.15. The molecule has 2 N–H and O–H groups in total. The highest BCUT2D eigenvalue weighted by Crippen LogP contribution is 2.14. The normalized spacial score (nSPS) is 16.7. The van der Waals surface area contributed by atoms with Crippen LogP contribution in [0.25, 0.3) is 0 Å². The number of aliphatic hydroxyl groups excluding tert-OH is 1. The quantitative estimate of drug-likeness (QED) is 0.697. The fourth-order valence-corrected chi connectivity index (χ4v) is 2.70. The summed E-state index contributed by atoms with van der Waals surface area (Å²) in [5, 5.41) is 8.08. The van der Waals surface area contributed by atoms with E-state index in [-0.39, 0.29) is 12.6 Å². The Morgan fingerprint density at radius 2 is 1.67 bits per heavy atom. The number of hydrogen-bond donors (Lipinski definition) is 2. The molecule has 4 nitrogen and oxygen atoms in total. The van der Waals surface area contributed by atoms with Crippen molar-refractivity contribution in [3.63, 3.8) is 0 Å². The fraction of sp³-hybridized carbons (Fsp3) is 1.00. The molecule has 0 aromatic carbocycles.